The second-order valence-electron chi connectivity index (χ2n) is 5.64. The Balaban J connectivity index is 0.00000161. The van der Waals surface area contributed by atoms with Crippen molar-refractivity contribution in [1.29, 1.82) is 0 Å². The van der Waals surface area contributed by atoms with E-state index in [2.05, 4.69) is 36.5 Å². The van der Waals surface area contributed by atoms with E-state index in [0.29, 0.717) is 13.0 Å². The fourth-order valence-corrected chi connectivity index (χ4v) is 3.19. The smallest absolute Gasteiger partial charge is 0.224 e. The van der Waals surface area contributed by atoms with Crippen LogP contribution in [-0.4, -0.2) is 43.2 Å². The van der Waals surface area contributed by atoms with E-state index in [-0.39, 0.29) is 30.4 Å². The lowest BCUT2D eigenvalue weighted by atomic mass is 9.93. The number of fused-ring (bicyclic) bond motifs is 1. The van der Waals surface area contributed by atoms with E-state index in [1.807, 2.05) is 4.90 Å². The fourth-order valence-electron chi connectivity index (χ4n) is 3.19. The van der Waals surface area contributed by atoms with Gasteiger partial charge in [0.15, 0.2) is 0 Å². The van der Waals surface area contributed by atoms with Gasteiger partial charge in [-0.2, -0.15) is 0 Å². The number of carbonyl (C=O) groups is 1. The maximum absolute atomic E-state index is 12.5. The number of carbonyl (C=O) groups excluding carboxylic acids is 1. The van der Waals surface area contributed by atoms with Crippen LogP contribution >= 0.6 is 12.4 Å². The number of amides is 1. The van der Waals surface area contributed by atoms with Gasteiger partial charge in [0.05, 0.1) is 19.3 Å². The molecule has 0 saturated carbocycles. The van der Waals surface area contributed by atoms with Crippen LogP contribution in [0.5, 0.6) is 0 Å². The molecule has 1 amide bonds. The maximum Gasteiger partial charge on any atom is 0.224 e. The normalized spacial score (nSPS) is 24.9. The van der Waals surface area contributed by atoms with E-state index < -0.39 is 0 Å². The standard InChI is InChI=1S/C16H22N2O2.ClH/c1-12-15-5-3-2-4-13(15)6-8-18(12)16(19)10-14-11-20-9-7-17-14;/h2-5,12,14,17H,6-11H2,1H3;1H. The molecule has 1 aromatic rings. The summed E-state index contributed by atoms with van der Waals surface area (Å²) in [5.74, 6) is 0.231. The summed E-state index contributed by atoms with van der Waals surface area (Å²) in [5.41, 5.74) is 2.67. The molecule has 0 aliphatic carbocycles. The number of ether oxygens (including phenoxy) is 1. The third-order valence-electron chi connectivity index (χ3n) is 4.33. The van der Waals surface area contributed by atoms with Crippen LogP contribution in [0.4, 0.5) is 0 Å². The highest BCUT2D eigenvalue weighted by Gasteiger charge is 2.29. The van der Waals surface area contributed by atoms with Crippen LogP contribution in [0.25, 0.3) is 0 Å². The van der Waals surface area contributed by atoms with Crippen LogP contribution in [-0.2, 0) is 16.0 Å². The average molecular weight is 311 g/mol. The van der Waals surface area contributed by atoms with Crippen molar-refractivity contribution in [3.8, 4) is 0 Å². The Hall–Kier alpha value is -1.10. The van der Waals surface area contributed by atoms with Crippen LogP contribution in [0.2, 0.25) is 0 Å². The summed E-state index contributed by atoms with van der Waals surface area (Å²) in [6.07, 6.45) is 1.49. The molecule has 0 radical (unpaired) electrons. The quantitative estimate of drug-likeness (QED) is 0.907. The van der Waals surface area contributed by atoms with Crippen LogP contribution in [0.1, 0.15) is 30.5 Å². The van der Waals surface area contributed by atoms with Gasteiger partial charge in [-0.05, 0) is 24.5 Å². The fraction of sp³-hybridized carbons (Fsp3) is 0.562. The van der Waals surface area contributed by atoms with E-state index in [1.165, 1.54) is 11.1 Å². The molecule has 1 aromatic carbocycles. The van der Waals surface area contributed by atoms with E-state index in [9.17, 15) is 4.79 Å². The number of hydrogen-bond acceptors (Lipinski definition) is 3. The molecule has 1 N–H and O–H groups in total. The molecule has 2 aliphatic heterocycles. The highest BCUT2D eigenvalue weighted by Crippen LogP contribution is 2.29. The second-order valence-corrected chi connectivity index (χ2v) is 5.64. The van der Waals surface area contributed by atoms with Crippen LogP contribution in [0, 0.1) is 0 Å². The summed E-state index contributed by atoms with van der Waals surface area (Å²) in [5, 5.41) is 3.35. The first-order valence-electron chi connectivity index (χ1n) is 7.44. The van der Waals surface area contributed by atoms with E-state index in [0.717, 1.165) is 26.1 Å². The van der Waals surface area contributed by atoms with Crippen molar-refractivity contribution in [3.63, 3.8) is 0 Å². The summed E-state index contributed by atoms with van der Waals surface area (Å²) in [6.45, 7) is 5.18. The van der Waals surface area contributed by atoms with Gasteiger partial charge in [-0.25, -0.2) is 0 Å². The van der Waals surface area contributed by atoms with Gasteiger partial charge < -0.3 is 15.0 Å². The van der Waals surface area contributed by atoms with E-state index in [1.54, 1.807) is 0 Å². The first-order valence-corrected chi connectivity index (χ1v) is 7.44. The molecule has 0 aromatic heterocycles. The zero-order valence-electron chi connectivity index (χ0n) is 12.4. The number of benzene rings is 1. The van der Waals surface area contributed by atoms with Crippen molar-refractivity contribution in [2.24, 2.45) is 0 Å². The lowest BCUT2D eigenvalue weighted by Gasteiger charge is -2.36. The number of nitrogens with zero attached hydrogens (tertiary/aromatic N) is 1. The van der Waals surface area contributed by atoms with Gasteiger partial charge >= 0.3 is 0 Å². The lowest BCUT2D eigenvalue weighted by molar-refractivity contribution is -0.135. The molecular weight excluding hydrogens is 288 g/mol. The lowest BCUT2D eigenvalue weighted by Crippen LogP contribution is -2.46. The van der Waals surface area contributed by atoms with E-state index >= 15 is 0 Å². The van der Waals surface area contributed by atoms with E-state index in [4.69, 9.17) is 4.74 Å². The van der Waals surface area contributed by atoms with Crippen LogP contribution in [0.3, 0.4) is 0 Å². The molecule has 0 bridgehead atoms. The predicted molar refractivity (Wildman–Crippen MR) is 84.7 cm³/mol. The van der Waals surface area contributed by atoms with Crippen LogP contribution < -0.4 is 5.32 Å². The molecule has 1 fully saturated rings. The van der Waals surface area contributed by atoms with Gasteiger partial charge in [0.25, 0.3) is 0 Å². The third kappa shape index (κ3) is 3.57. The van der Waals surface area contributed by atoms with Crippen molar-refractivity contribution < 1.29 is 9.53 Å². The largest absolute Gasteiger partial charge is 0.378 e. The van der Waals surface area contributed by atoms with Gasteiger partial charge in [-0.15, -0.1) is 12.4 Å². The summed E-state index contributed by atoms with van der Waals surface area (Å²) in [4.78, 5) is 14.5. The predicted octanol–water partition coefficient (Wildman–Crippen LogP) is 1.93. The molecule has 2 atom stereocenters. The Morgan fingerprint density at radius 1 is 1.43 bits per heavy atom. The SMILES string of the molecule is CC1c2ccccc2CCN1C(=O)CC1COCCN1.Cl. The van der Waals surface area contributed by atoms with Gasteiger partial charge in [0.1, 0.15) is 0 Å². The summed E-state index contributed by atoms with van der Waals surface area (Å²) < 4.78 is 5.42. The first kappa shape index (κ1) is 16.3. The highest BCUT2D eigenvalue weighted by atomic mass is 35.5. The number of halogens is 1. The topological polar surface area (TPSA) is 41.6 Å². The highest BCUT2D eigenvalue weighted by molar-refractivity contribution is 5.85. The molecule has 116 valence electrons. The summed E-state index contributed by atoms with van der Waals surface area (Å²) in [7, 11) is 0. The molecule has 3 rings (SSSR count). The third-order valence-corrected chi connectivity index (χ3v) is 4.33. The van der Waals surface area contributed by atoms with Gasteiger partial charge in [0.2, 0.25) is 5.91 Å². The van der Waals surface area contributed by atoms with Crippen molar-refractivity contribution in [2.75, 3.05) is 26.3 Å². The number of rotatable bonds is 2. The van der Waals surface area contributed by atoms with Crippen molar-refractivity contribution in [2.45, 2.75) is 31.8 Å². The number of morpholine rings is 1. The van der Waals surface area contributed by atoms with Crippen LogP contribution in [0.15, 0.2) is 24.3 Å². The Labute approximate surface area is 132 Å². The Morgan fingerprint density at radius 2 is 2.24 bits per heavy atom. The van der Waals surface area contributed by atoms with Gasteiger partial charge in [-0.1, -0.05) is 24.3 Å². The van der Waals surface area contributed by atoms with Gasteiger partial charge in [-0.3, -0.25) is 4.79 Å². The van der Waals surface area contributed by atoms with Crippen molar-refractivity contribution >= 4 is 18.3 Å². The Bertz CT molecular complexity index is 489. The molecule has 5 heteroatoms. The molecule has 2 unspecified atom stereocenters. The zero-order chi connectivity index (χ0) is 13.9. The summed E-state index contributed by atoms with van der Waals surface area (Å²) >= 11 is 0. The van der Waals surface area contributed by atoms with Crippen molar-refractivity contribution in [1.82, 2.24) is 10.2 Å². The second kappa shape index (κ2) is 7.25. The molecule has 0 spiro atoms. The summed E-state index contributed by atoms with van der Waals surface area (Å²) in [6, 6.07) is 8.79. The Morgan fingerprint density at radius 3 is 3.00 bits per heavy atom. The minimum atomic E-state index is 0. The monoisotopic (exact) mass is 310 g/mol. The minimum absolute atomic E-state index is 0. The number of nitrogens with one attached hydrogen (secondary N) is 1. The van der Waals surface area contributed by atoms with Crippen molar-refractivity contribution in [3.05, 3.63) is 35.4 Å². The maximum atomic E-state index is 12.5. The molecule has 2 heterocycles. The first-order chi connectivity index (χ1) is 9.75. The molecule has 4 nitrogen and oxygen atoms in total. The molecule has 2 aliphatic rings. The molecular formula is C16H23ClN2O2. The average Bonchev–Trinajstić information content (AvgIpc) is 2.49. The molecule has 1 saturated heterocycles. The minimum Gasteiger partial charge on any atom is -0.378 e. The molecule has 21 heavy (non-hydrogen) atoms. The Kier molecular flexibility index (Phi) is 5.62. The zero-order valence-corrected chi connectivity index (χ0v) is 13.2. The number of hydrogen-bond donors (Lipinski definition) is 1. The van der Waals surface area contributed by atoms with Gasteiger partial charge in [0, 0.05) is 25.6 Å².